The van der Waals surface area contributed by atoms with Gasteiger partial charge in [-0.1, -0.05) is 15.9 Å². The van der Waals surface area contributed by atoms with Crippen LogP contribution in [0.5, 0.6) is 11.5 Å². The van der Waals surface area contributed by atoms with E-state index in [0.29, 0.717) is 28.1 Å². The number of pyridine rings is 1. The Morgan fingerprint density at radius 2 is 1.81 bits per heavy atom. The number of carbonyl (C=O) groups is 1. The van der Waals surface area contributed by atoms with Gasteiger partial charge < -0.3 is 20.5 Å². The summed E-state index contributed by atoms with van der Waals surface area (Å²) in [5.41, 5.74) is 7.80. The quantitative estimate of drug-likeness (QED) is 0.556. The number of hydrogen-bond donors (Lipinski definition) is 2. The first-order valence-corrected chi connectivity index (χ1v) is 9.09. The summed E-state index contributed by atoms with van der Waals surface area (Å²) in [4.78, 5) is 16.3. The molecule has 26 heavy (non-hydrogen) atoms. The molecule has 0 saturated carbocycles. The number of anilines is 2. The van der Waals surface area contributed by atoms with Gasteiger partial charge in [0, 0.05) is 26.6 Å². The van der Waals surface area contributed by atoms with Gasteiger partial charge in [-0.2, -0.15) is 0 Å². The van der Waals surface area contributed by atoms with Crippen molar-refractivity contribution in [2.75, 3.05) is 19.5 Å². The van der Waals surface area contributed by atoms with Crippen LogP contribution in [0.25, 0.3) is 10.9 Å². The molecule has 0 fully saturated rings. The number of benzene rings is 2. The van der Waals surface area contributed by atoms with Crippen molar-refractivity contribution in [2.45, 2.75) is 0 Å². The van der Waals surface area contributed by atoms with E-state index in [1.54, 1.807) is 26.4 Å². The molecule has 0 aliphatic carbocycles. The summed E-state index contributed by atoms with van der Waals surface area (Å²) in [6.45, 7) is 0. The molecule has 0 aliphatic rings. The molecule has 8 heteroatoms. The van der Waals surface area contributed by atoms with Crippen LogP contribution in [0.15, 0.2) is 45.5 Å². The van der Waals surface area contributed by atoms with E-state index >= 15 is 0 Å². The van der Waals surface area contributed by atoms with Gasteiger partial charge in [0.15, 0.2) is 11.5 Å². The number of primary amides is 1. The van der Waals surface area contributed by atoms with E-state index in [2.05, 4.69) is 42.2 Å². The van der Waals surface area contributed by atoms with Crippen LogP contribution in [0.4, 0.5) is 11.4 Å². The van der Waals surface area contributed by atoms with Crippen LogP contribution in [0.2, 0.25) is 0 Å². The molecule has 0 atom stereocenters. The number of fused-ring (bicyclic) bond motifs is 1. The van der Waals surface area contributed by atoms with Gasteiger partial charge >= 0.3 is 0 Å². The highest BCUT2D eigenvalue weighted by atomic mass is 79.9. The van der Waals surface area contributed by atoms with Gasteiger partial charge in [0.2, 0.25) is 0 Å². The molecule has 3 N–H and O–H groups in total. The monoisotopic (exact) mass is 479 g/mol. The maximum Gasteiger partial charge on any atom is 0.252 e. The summed E-state index contributed by atoms with van der Waals surface area (Å²) >= 11 is 6.93. The Morgan fingerprint density at radius 3 is 2.42 bits per heavy atom. The molecule has 0 spiro atoms. The predicted molar refractivity (Wildman–Crippen MR) is 108 cm³/mol. The topological polar surface area (TPSA) is 86.5 Å². The van der Waals surface area contributed by atoms with E-state index in [-0.39, 0.29) is 5.56 Å². The lowest BCUT2D eigenvalue weighted by molar-refractivity contribution is 0.100. The lowest BCUT2D eigenvalue weighted by Gasteiger charge is -2.16. The number of ether oxygens (including phenoxy) is 2. The lowest BCUT2D eigenvalue weighted by Crippen LogP contribution is -2.14. The summed E-state index contributed by atoms with van der Waals surface area (Å²) in [7, 11) is 3.10. The third-order valence-electron chi connectivity index (χ3n) is 3.83. The molecule has 0 saturated heterocycles. The zero-order valence-electron chi connectivity index (χ0n) is 14.0. The second kappa shape index (κ2) is 7.51. The number of nitrogens with two attached hydrogens (primary N) is 1. The highest BCUT2D eigenvalue weighted by molar-refractivity contribution is 9.11. The zero-order valence-corrected chi connectivity index (χ0v) is 17.1. The number of hydrogen-bond acceptors (Lipinski definition) is 5. The molecule has 0 radical (unpaired) electrons. The first-order valence-electron chi connectivity index (χ1n) is 7.51. The van der Waals surface area contributed by atoms with Gasteiger partial charge in [0.25, 0.3) is 5.91 Å². The molecule has 3 aromatic rings. The second-order valence-electron chi connectivity index (χ2n) is 5.38. The number of carbonyl (C=O) groups excluding carboxylic acids is 1. The molecule has 0 aliphatic heterocycles. The number of nitrogens with one attached hydrogen (secondary N) is 1. The Balaban J connectivity index is 2.25. The third-order valence-corrected chi connectivity index (χ3v) is 4.98. The molecular weight excluding hydrogens is 466 g/mol. The molecule has 0 unspecified atom stereocenters. The summed E-state index contributed by atoms with van der Waals surface area (Å²) in [6.07, 6.45) is 1.45. The lowest BCUT2D eigenvalue weighted by atomic mass is 10.1. The van der Waals surface area contributed by atoms with Crippen molar-refractivity contribution in [3.63, 3.8) is 0 Å². The average Bonchev–Trinajstić information content (AvgIpc) is 2.62. The number of rotatable bonds is 5. The minimum absolute atomic E-state index is 0.277. The Labute approximate surface area is 166 Å². The first kappa shape index (κ1) is 18.5. The largest absolute Gasteiger partial charge is 0.493 e. The van der Waals surface area contributed by atoms with Crippen LogP contribution < -0.4 is 20.5 Å². The number of methoxy groups -OCH3 is 2. The highest BCUT2D eigenvalue weighted by Gasteiger charge is 2.17. The second-order valence-corrected chi connectivity index (χ2v) is 7.15. The maximum atomic E-state index is 11.9. The van der Waals surface area contributed by atoms with E-state index in [4.69, 9.17) is 15.2 Å². The SMILES string of the molecule is COc1cc2ncc(C(N)=O)c(Nc3ccc(Br)cc3Br)c2cc1OC. The van der Waals surface area contributed by atoms with Crippen molar-refractivity contribution in [3.8, 4) is 11.5 Å². The van der Waals surface area contributed by atoms with Crippen LogP contribution in [0, 0.1) is 0 Å². The predicted octanol–water partition coefficient (Wildman–Crippen LogP) is 4.62. The Kier molecular flexibility index (Phi) is 5.33. The van der Waals surface area contributed by atoms with E-state index in [9.17, 15) is 4.79 Å². The summed E-state index contributed by atoms with van der Waals surface area (Å²) in [6, 6.07) is 9.19. The molecule has 134 valence electrons. The van der Waals surface area contributed by atoms with Crippen LogP contribution in [0.3, 0.4) is 0 Å². The van der Waals surface area contributed by atoms with Gasteiger partial charge in [-0.05, 0) is 40.2 Å². The van der Waals surface area contributed by atoms with Crippen LogP contribution in [-0.4, -0.2) is 25.1 Å². The summed E-state index contributed by atoms with van der Waals surface area (Å²) in [5, 5.41) is 3.96. The van der Waals surface area contributed by atoms with Crippen molar-refractivity contribution in [1.82, 2.24) is 4.98 Å². The number of halogens is 2. The van der Waals surface area contributed by atoms with Gasteiger partial charge in [-0.15, -0.1) is 0 Å². The molecule has 3 rings (SSSR count). The molecule has 1 aromatic heterocycles. The van der Waals surface area contributed by atoms with Gasteiger partial charge in [0.05, 0.1) is 36.7 Å². The van der Waals surface area contributed by atoms with Crippen molar-refractivity contribution in [3.05, 3.63) is 51.0 Å². The average molecular weight is 481 g/mol. The highest BCUT2D eigenvalue weighted by Crippen LogP contribution is 2.38. The molecule has 1 amide bonds. The van der Waals surface area contributed by atoms with Gasteiger partial charge in [0.1, 0.15) is 0 Å². The molecule has 6 nitrogen and oxygen atoms in total. The van der Waals surface area contributed by atoms with Crippen molar-refractivity contribution in [2.24, 2.45) is 5.73 Å². The summed E-state index contributed by atoms with van der Waals surface area (Å²) in [5.74, 6) is 0.501. The smallest absolute Gasteiger partial charge is 0.252 e. The van der Waals surface area contributed by atoms with Crippen LogP contribution in [0.1, 0.15) is 10.4 Å². The minimum atomic E-state index is -0.579. The Bertz CT molecular complexity index is 1010. The minimum Gasteiger partial charge on any atom is -0.493 e. The number of aromatic nitrogens is 1. The zero-order chi connectivity index (χ0) is 18.8. The van der Waals surface area contributed by atoms with Gasteiger partial charge in [-0.25, -0.2) is 0 Å². The fraction of sp³-hybridized carbons (Fsp3) is 0.111. The number of amides is 1. The van der Waals surface area contributed by atoms with E-state index < -0.39 is 5.91 Å². The Morgan fingerprint density at radius 1 is 1.12 bits per heavy atom. The van der Waals surface area contributed by atoms with E-state index in [1.165, 1.54) is 6.20 Å². The van der Waals surface area contributed by atoms with Crippen LogP contribution >= 0.6 is 31.9 Å². The number of nitrogens with zero attached hydrogens (tertiary/aromatic N) is 1. The van der Waals surface area contributed by atoms with E-state index in [0.717, 1.165) is 14.6 Å². The molecule has 0 bridgehead atoms. The van der Waals surface area contributed by atoms with Gasteiger partial charge in [-0.3, -0.25) is 9.78 Å². The van der Waals surface area contributed by atoms with Crippen LogP contribution in [-0.2, 0) is 0 Å². The molecule has 2 aromatic carbocycles. The molecule has 1 heterocycles. The normalized spacial score (nSPS) is 10.6. The van der Waals surface area contributed by atoms with Crippen molar-refractivity contribution in [1.29, 1.82) is 0 Å². The third kappa shape index (κ3) is 3.47. The Hall–Kier alpha value is -2.32. The van der Waals surface area contributed by atoms with E-state index in [1.807, 2.05) is 18.2 Å². The molecular formula is C18H15Br2N3O3. The maximum absolute atomic E-state index is 11.9. The fourth-order valence-corrected chi connectivity index (χ4v) is 3.71. The fourth-order valence-electron chi connectivity index (χ4n) is 2.57. The standard InChI is InChI=1S/C18H15Br2N3O3/c1-25-15-6-10-14(7-16(15)26-2)22-8-11(18(21)24)17(10)23-13-4-3-9(19)5-12(13)20/h3-8H,1-2H3,(H2,21,24)(H,22,23). The summed E-state index contributed by atoms with van der Waals surface area (Å²) < 4.78 is 12.5. The van der Waals surface area contributed by atoms with Crippen molar-refractivity contribution >= 4 is 60.0 Å². The first-order chi connectivity index (χ1) is 12.4. The van der Waals surface area contributed by atoms with Crippen molar-refractivity contribution < 1.29 is 14.3 Å².